The number of ether oxygens (including phenoxy) is 1. The van der Waals surface area contributed by atoms with Crippen molar-refractivity contribution in [3.8, 4) is 0 Å². The number of guanidine groups is 1. The van der Waals surface area contributed by atoms with Crippen molar-refractivity contribution in [3.05, 3.63) is 0 Å². The second-order valence-corrected chi connectivity index (χ2v) is 7.55. The first-order valence-corrected chi connectivity index (χ1v) is 8.84. The number of hydrogen-bond donors (Lipinski definition) is 1. The summed E-state index contributed by atoms with van der Waals surface area (Å²) in [4.78, 5) is 9.47. The lowest BCUT2D eigenvalue weighted by molar-refractivity contribution is -0.0939. The van der Waals surface area contributed by atoms with Gasteiger partial charge in [-0.25, -0.2) is 0 Å². The van der Waals surface area contributed by atoms with Crippen LogP contribution < -0.4 is 5.73 Å². The predicted molar refractivity (Wildman–Crippen MR) is 108 cm³/mol. The van der Waals surface area contributed by atoms with Gasteiger partial charge in [-0.3, -0.25) is 9.89 Å². The summed E-state index contributed by atoms with van der Waals surface area (Å²) < 4.78 is 5.84. The van der Waals surface area contributed by atoms with Crippen LogP contribution in [0.1, 0.15) is 53.4 Å². The Bertz CT molecular complexity index is 371. The van der Waals surface area contributed by atoms with Crippen molar-refractivity contribution in [2.24, 2.45) is 10.7 Å². The Morgan fingerprint density at radius 1 is 1.09 bits per heavy atom. The molecule has 0 saturated carbocycles. The number of aliphatic imine (C=N–C) groups is 1. The van der Waals surface area contributed by atoms with Crippen LogP contribution in [0.5, 0.6) is 0 Å². The van der Waals surface area contributed by atoms with E-state index >= 15 is 0 Å². The molecule has 0 aromatic carbocycles. The van der Waals surface area contributed by atoms with E-state index in [-0.39, 0.29) is 41.7 Å². The summed E-state index contributed by atoms with van der Waals surface area (Å²) in [6.45, 7) is 13.6. The summed E-state index contributed by atoms with van der Waals surface area (Å²) >= 11 is 0. The van der Waals surface area contributed by atoms with Gasteiger partial charge in [-0.05, 0) is 40.5 Å². The van der Waals surface area contributed by atoms with E-state index in [2.05, 4.69) is 37.5 Å². The van der Waals surface area contributed by atoms with Crippen molar-refractivity contribution < 1.29 is 4.74 Å². The van der Waals surface area contributed by atoms with Crippen molar-refractivity contribution >= 4 is 29.9 Å². The maximum absolute atomic E-state index is 6.24. The van der Waals surface area contributed by atoms with Crippen LogP contribution >= 0.6 is 24.0 Å². The van der Waals surface area contributed by atoms with Crippen molar-refractivity contribution in [2.75, 3.05) is 32.7 Å². The van der Waals surface area contributed by atoms with E-state index in [9.17, 15) is 0 Å². The molecule has 2 heterocycles. The molecule has 2 rings (SSSR count). The molecular weight excluding hydrogens is 403 g/mol. The molecule has 136 valence electrons. The zero-order chi connectivity index (χ0) is 16.2. The summed E-state index contributed by atoms with van der Waals surface area (Å²) in [7, 11) is 0. The Balaban J connectivity index is 0.00000264. The van der Waals surface area contributed by atoms with Gasteiger partial charge >= 0.3 is 0 Å². The number of morpholine rings is 1. The molecular formula is C17H35IN4O. The van der Waals surface area contributed by atoms with Gasteiger partial charge in [-0.15, -0.1) is 24.0 Å². The van der Waals surface area contributed by atoms with Crippen LogP contribution in [-0.2, 0) is 4.74 Å². The first-order valence-electron chi connectivity index (χ1n) is 8.84. The van der Waals surface area contributed by atoms with Gasteiger partial charge in [0.25, 0.3) is 0 Å². The number of likely N-dealkylation sites (tertiary alicyclic amines) is 1. The van der Waals surface area contributed by atoms with Gasteiger partial charge in [0.1, 0.15) is 0 Å². The van der Waals surface area contributed by atoms with E-state index in [1.807, 2.05) is 0 Å². The molecule has 2 saturated heterocycles. The molecule has 2 fully saturated rings. The number of nitrogens with two attached hydrogens (primary N) is 1. The predicted octanol–water partition coefficient (Wildman–Crippen LogP) is 2.68. The second-order valence-electron chi connectivity index (χ2n) is 7.55. The molecule has 2 N–H and O–H groups in total. The quantitative estimate of drug-likeness (QED) is 0.418. The van der Waals surface area contributed by atoms with E-state index in [1.165, 1.54) is 25.7 Å². The van der Waals surface area contributed by atoms with Gasteiger partial charge in [0, 0.05) is 31.7 Å². The minimum atomic E-state index is 0. The molecule has 5 nitrogen and oxygen atoms in total. The summed E-state index contributed by atoms with van der Waals surface area (Å²) in [5.41, 5.74) is 6.26. The van der Waals surface area contributed by atoms with Crippen LogP contribution in [0, 0.1) is 0 Å². The topological polar surface area (TPSA) is 54.1 Å². The van der Waals surface area contributed by atoms with Crippen LogP contribution in [0.2, 0.25) is 0 Å². The van der Waals surface area contributed by atoms with Crippen LogP contribution in [-0.4, -0.2) is 66.2 Å². The lowest BCUT2D eigenvalue weighted by Gasteiger charge is -2.44. The van der Waals surface area contributed by atoms with E-state index in [1.54, 1.807) is 0 Å². The molecule has 23 heavy (non-hydrogen) atoms. The monoisotopic (exact) mass is 438 g/mol. The van der Waals surface area contributed by atoms with Crippen LogP contribution in [0.25, 0.3) is 0 Å². The summed E-state index contributed by atoms with van der Waals surface area (Å²) in [5.74, 6) is 0.726. The number of rotatable bonds is 3. The number of nitrogens with zero attached hydrogens (tertiary/aromatic N) is 3. The zero-order valence-corrected chi connectivity index (χ0v) is 17.6. The van der Waals surface area contributed by atoms with Crippen molar-refractivity contribution in [3.63, 3.8) is 0 Å². The van der Waals surface area contributed by atoms with Crippen molar-refractivity contribution in [2.45, 2.75) is 71.1 Å². The minimum Gasteiger partial charge on any atom is -0.373 e. The average molecular weight is 438 g/mol. The molecule has 0 radical (unpaired) electrons. The summed E-state index contributed by atoms with van der Waals surface area (Å²) in [6, 6.07) is 0. The summed E-state index contributed by atoms with van der Waals surface area (Å²) in [6.07, 6.45) is 5.68. The molecule has 6 heteroatoms. The number of halogens is 1. The lowest BCUT2D eigenvalue weighted by atomic mass is 10.0. The van der Waals surface area contributed by atoms with Crippen LogP contribution in [0.3, 0.4) is 0 Å². The van der Waals surface area contributed by atoms with Gasteiger partial charge < -0.3 is 15.4 Å². The highest BCUT2D eigenvalue weighted by Crippen LogP contribution is 2.21. The smallest absolute Gasteiger partial charge is 0.191 e. The Morgan fingerprint density at radius 2 is 1.61 bits per heavy atom. The molecule has 0 aliphatic carbocycles. The second kappa shape index (κ2) is 9.42. The Morgan fingerprint density at radius 3 is 2.13 bits per heavy atom. The highest BCUT2D eigenvalue weighted by Gasteiger charge is 2.33. The first kappa shape index (κ1) is 21.0. The van der Waals surface area contributed by atoms with E-state index in [0.717, 1.165) is 38.7 Å². The molecule has 0 amide bonds. The highest BCUT2D eigenvalue weighted by molar-refractivity contribution is 14.0. The Kier molecular flexibility index (Phi) is 8.58. The van der Waals surface area contributed by atoms with Crippen LogP contribution in [0.4, 0.5) is 0 Å². The third-order valence-corrected chi connectivity index (χ3v) is 4.83. The maximum Gasteiger partial charge on any atom is 0.191 e. The third-order valence-electron chi connectivity index (χ3n) is 4.83. The van der Waals surface area contributed by atoms with Crippen molar-refractivity contribution in [1.29, 1.82) is 0 Å². The van der Waals surface area contributed by atoms with Gasteiger partial charge in [-0.2, -0.15) is 0 Å². The van der Waals surface area contributed by atoms with E-state index in [0.29, 0.717) is 0 Å². The largest absolute Gasteiger partial charge is 0.373 e. The molecule has 0 aromatic rings. The SMILES string of the molecule is CC1CN(C(C)(C)CN=C(N)N2CCCCCC2)CC(C)O1.I. The molecule has 2 aliphatic rings. The fourth-order valence-electron chi connectivity index (χ4n) is 3.45. The van der Waals surface area contributed by atoms with Gasteiger partial charge in [0.2, 0.25) is 0 Å². The molecule has 2 aliphatic heterocycles. The fraction of sp³-hybridized carbons (Fsp3) is 0.941. The Labute approximate surface area is 159 Å². The fourth-order valence-corrected chi connectivity index (χ4v) is 3.45. The van der Waals surface area contributed by atoms with E-state index in [4.69, 9.17) is 15.5 Å². The molecule has 0 aromatic heterocycles. The van der Waals surface area contributed by atoms with Gasteiger partial charge in [0.05, 0.1) is 18.8 Å². The van der Waals surface area contributed by atoms with Gasteiger partial charge in [0.15, 0.2) is 5.96 Å². The third kappa shape index (κ3) is 6.38. The number of hydrogen-bond acceptors (Lipinski definition) is 3. The highest BCUT2D eigenvalue weighted by atomic mass is 127. The first-order chi connectivity index (χ1) is 10.4. The average Bonchev–Trinajstić information content (AvgIpc) is 2.73. The normalized spacial score (nSPS) is 28.2. The summed E-state index contributed by atoms with van der Waals surface area (Å²) in [5, 5.41) is 0. The van der Waals surface area contributed by atoms with E-state index < -0.39 is 0 Å². The lowest BCUT2D eigenvalue weighted by Crippen LogP contribution is -2.56. The molecule has 0 bridgehead atoms. The minimum absolute atomic E-state index is 0. The zero-order valence-electron chi connectivity index (χ0n) is 15.3. The maximum atomic E-state index is 6.24. The van der Waals surface area contributed by atoms with Crippen molar-refractivity contribution in [1.82, 2.24) is 9.80 Å². The standard InChI is InChI=1S/C17H34N4O.HI/c1-14-11-21(12-15(2)22-14)17(3,4)13-19-16(18)20-9-7-5-6-8-10-20;/h14-15H,5-13H2,1-4H3,(H2,18,19);1H. The molecule has 2 unspecified atom stereocenters. The van der Waals surface area contributed by atoms with Crippen LogP contribution in [0.15, 0.2) is 4.99 Å². The molecule has 2 atom stereocenters. The molecule has 0 spiro atoms. The van der Waals surface area contributed by atoms with Gasteiger partial charge in [-0.1, -0.05) is 12.8 Å². The Hall–Kier alpha value is -0.0800.